The highest BCUT2D eigenvalue weighted by Crippen LogP contribution is 2.27. The summed E-state index contributed by atoms with van der Waals surface area (Å²) in [6, 6.07) is 0.637. The molecule has 2 N–H and O–H groups in total. The number of amides is 1. The number of aliphatic hydroxyl groups is 1. The summed E-state index contributed by atoms with van der Waals surface area (Å²) in [5.41, 5.74) is 0.999. The van der Waals surface area contributed by atoms with Crippen molar-refractivity contribution in [1.82, 2.24) is 9.88 Å². The summed E-state index contributed by atoms with van der Waals surface area (Å²) >= 11 is 1.46. The van der Waals surface area contributed by atoms with E-state index < -0.39 is 0 Å². The van der Waals surface area contributed by atoms with Gasteiger partial charge in [0.2, 0.25) is 5.91 Å². The van der Waals surface area contributed by atoms with Gasteiger partial charge in [0.1, 0.15) is 0 Å². The van der Waals surface area contributed by atoms with Crippen LogP contribution in [0.5, 0.6) is 0 Å². The maximum Gasteiger partial charge on any atom is 0.223 e. The fourth-order valence-electron chi connectivity index (χ4n) is 2.21. The molecule has 1 amide bonds. The summed E-state index contributed by atoms with van der Waals surface area (Å²) in [5, 5.41) is 14.3. The molecule has 5 nitrogen and oxygen atoms in total. The summed E-state index contributed by atoms with van der Waals surface area (Å²) in [4.78, 5) is 17.8. The lowest BCUT2D eigenvalue weighted by atomic mass is 9.91. The largest absolute Gasteiger partial charge is 0.396 e. The molecule has 1 saturated carbocycles. The second-order valence-corrected chi connectivity index (χ2v) is 5.82. The van der Waals surface area contributed by atoms with Crippen LogP contribution in [0.1, 0.15) is 38.3 Å². The van der Waals surface area contributed by atoms with Gasteiger partial charge in [-0.3, -0.25) is 9.69 Å². The molecule has 0 aromatic carbocycles. The molecule has 0 spiro atoms. The van der Waals surface area contributed by atoms with Gasteiger partial charge in [-0.2, -0.15) is 0 Å². The molecule has 1 aliphatic carbocycles. The maximum absolute atomic E-state index is 11.0. The summed E-state index contributed by atoms with van der Waals surface area (Å²) < 4.78 is 0. The minimum Gasteiger partial charge on any atom is -0.396 e. The van der Waals surface area contributed by atoms with E-state index in [9.17, 15) is 4.79 Å². The molecule has 0 aliphatic heterocycles. The Kier molecular flexibility index (Phi) is 5.30. The highest BCUT2D eigenvalue weighted by atomic mass is 32.1. The molecule has 6 heteroatoms. The van der Waals surface area contributed by atoms with Crippen LogP contribution in [0, 0.1) is 0 Å². The number of nitrogens with one attached hydrogen (secondary N) is 1. The van der Waals surface area contributed by atoms with Gasteiger partial charge >= 0.3 is 0 Å². The number of aromatic nitrogens is 1. The molecule has 2 rings (SSSR count). The van der Waals surface area contributed by atoms with Crippen molar-refractivity contribution in [3.63, 3.8) is 0 Å². The summed E-state index contributed by atoms with van der Waals surface area (Å²) in [7, 11) is 0. The Balaban J connectivity index is 1.91. The molecule has 19 heavy (non-hydrogen) atoms. The summed E-state index contributed by atoms with van der Waals surface area (Å²) in [6.45, 7) is 3.44. The lowest BCUT2D eigenvalue weighted by molar-refractivity contribution is -0.114. The Morgan fingerprint density at radius 2 is 2.42 bits per heavy atom. The maximum atomic E-state index is 11.0. The first-order chi connectivity index (χ1) is 9.19. The number of nitrogens with zero attached hydrogens (tertiary/aromatic N) is 2. The number of carbonyl (C=O) groups is 1. The van der Waals surface area contributed by atoms with E-state index in [1.807, 2.05) is 5.38 Å². The molecular formula is C13H21N3O2S. The number of rotatable bonds is 7. The first-order valence-corrected chi connectivity index (χ1v) is 7.64. The van der Waals surface area contributed by atoms with Crippen molar-refractivity contribution in [3.8, 4) is 0 Å². The van der Waals surface area contributed by atoms with Crippen molar-refractivity contribution >= 4 is 22.4 Å². The van der Waals surface area contributed by atoms with Crippen LogP contribution < -0.4 is 5.32 Å². The van der Waals surface area contributed by atoms with Crippen molar-refractivity contribution in [2.24, 2.45) is 0 Å². The topological polar surface area (TPSA) is 65.5 Å². The van der Waals surface area contributed by atoms with E-state index in [1.54, 1.807) is 0 Å². The predicted molar refractivity (Wildman–Crippen MR) is 76.2 cm³/mol. The Morgan fingerprint density at radius 3 is 3.00 bits per heavy atom. The minimum atomic E-state index is -0.0861. The third-order valence-electron chi connectivity index (χ3n) is 3.39. The molecular weight excluding hydrogens is 262 g/mol. The molecule has 106 valence electrons. The highest BCUT2D eigenvalue weighted by Gasteiger charge is 2.25. The second kappa shape index (κ2) is 6.98. The average Bonchev–Trinajstić information content (AvgIpc) is 2.70. The zero-order chi connectivity index (χ0) is 13.7. The van der Waals surface area contributed by atoms with Crippen LogP contribution in [-0.4, -0.2) is 40.1 Å². The van der Waals surface area contributed by atoms with Gasteiger partial charge in [-0.05, 0) is 19.3 Å². The number of hydrogen-bond acceptors (Lipinski definition) is 5. The minimum absolute atomic E-state index is 0.0861. The van der Waals surface area contributed by atoms with Crippen LogP contribution in [0.3, 0.4) is 0 Å². The Morgan fingerprint density at radius 1 is 1.63 bits per heavy atom. The number of anilines is 1. The highest BCUT2D eigenvalue weighted by molar-refractivity contribution is 7.13. The van der Waals surface area contributed by atoms with Gasteiger partial charge in [-0.1, -0.05) is 6.42 Å². The number of thiazole rings is 1. The molecule has 1 fully saturated rings. The van der Waals surface area contributed by atoms with Crippen molar-refractivity contribution in [3.05, 3.63) is 11.1 Å². The zero-order valence-corrected chi connectivity index (χ0v) is 12.1. The molecule has 0 atom stereocenters. The fraction of sp³-hybridized carbons (Fsp3) is 0.692. The molecule has 1 aromatic heterocycles. The standard InChI is InChI=1S/C13H21N3O2S/c1-10(18)14-13-15-11(9-19-13)8-16(6-3-7-17)12-4-2-5-12/h9,12,17H,2-8H2,1H3,(H,14,15,18). The van der Waals surface area contributed by atoms with Crippen LogP contribution in [-0.2, 0) is 11.3 Å². The summed E-state index contributed by atoms with van der Waals surface area (Å²) in [6.07, 6.45) is 4.59. The third kappa shape index (κ3) is 4.26. The predicted octanol–water partition coefficient (Wildman–Crippen LogP) is 1.84. The van der Waals surface area contributed by atoms with E-state index in [0.29, 0.717) is 11.2 Å². The third-order valence-corrected chi connectivity index (χ3v) is 4.20. The molecule has 1 aliphatic rings. The molecule has 0 unspecified atom stereocenters. The van der Waals surface area contributed by atoms with Gasteiger partial charge in [0.25, 0.3) is 0 Å². The molecule has 1 heterocycles. The lowest BCUT2D eigenvalue weighted by Gasteiger charge is -2.37. The molecule has 0 radical (unpaired) electrons. The van der Waals surface area contributed by atoms with Crippen molar-refractivity contribution < 1.29 is 9.90 Å². The smallest absolute Gasteiger partial charge is 0.223 e. The molecule has 1 aromatic rings. The van der Waals surface area contributed by atoms with Crippen molar-refractivity contribution in [2.45, 2.75) is 45.2 Å². The quantitative estimate of drug-likeness (QED) is 0.801. The molecule has 0 saturated heterocycles. The van der Waals surface area contributed by atoms with Gasteiger partial charge in [-0.15, -0.1) is 11.3 Å². The normalized spacial score (nSPS) is 15.5. The first kappa shape index (κ1) is 14.4. The van der Waals surface area contributed by atoms with E-state index in [-0.39, 0.29) is 12.5 Å². The molecule has 0 bridgehead atoms. The Labute approximate surface area is 117 Å². The Hall–Kier alpha value is -0.980. The van der Waals surface area contributed by atoms with E-state index in [1.165, 1.54) is 37.5 Å². The Bertz CT molecular complexity index is 418. The van der Waals surface area contributed by atoms with Crippen LogP contribution in [0.4, 0.5) is 5.13 Å². The first-order valence-electron chi connectivity index (χ1n) is 6.76. The van der Waals surface area contributed by atoms with Crippen LogP contribution >= 0.6 is 11.3 Å². The fourth-order valence-corrected chi connectivity index (χ4v) is 2.96. The number of carbonyl (C=O) groups excluding carboxylic acids is 1. The average molecular weight is 283 g/mol. The van der Waals surface area contributed by atoms with Gasteiger partial charge in [0.15, 0.2) is 5.13 Å². The monoisotopic (exact) mass is 283 g/mol. The second-order valence-electron chi connectivity index (χ2n) is 4.96. The van der Waals surface area contributed by atoms with E-state index in [0.717, 1.165) is 25.2 Å². The van der Waals surface area contributed by atoms with Crippen molar-refractivity contribution in [1.29, 1.82) is 0 Å². The van der Waals surface area contributed by atoms with E-state index >= 15 is 0 Å². The summed E-state index contributed by atoms with van der Waals surface area (Å²) in [5.74, 6) is -0.0861. The number of hydrogen-bond donors (Lipinski definition) is 2. The zero-order valence-electron chi connectivity index (χ0n) is 11.3. The van der Waals surface area contributed by atoms with E-state index in [4.69, 9.17) is 5.11 Å². The van der Waals surface area contributed by atoms with Gasteiger partial charge in [-0.25, -0.2) is 4.98 Å². The van der Waals surface area contributed by atoms with Gasteiger partial charge in [0, 0.05) is 38.0 Å². The van der Waals surface area contributed by atoms with Gasteiger partial charge in [0.05, 0.1) is 5.69 Å². The van der Waals surface area contributed by atoms with Crippen LogP contribution in [0.25, 0.3) is 0 Å². The van der Waals surface area contributed by atoms with Crippen LogP contribution in [0.2, 0.25) is 0 Å². The van der Waals surface area contributed by atoms with Crippen LogP contribution in [0.15, 0.2) is 5.38 Å². The SMILES string of the molecule is CC(=O)Nc1nc(CN(CCCO)C2CCC2)cs1. The lowest BCUT2D eigenvalue weighted by Crippen LogP contribution is -2.40. The van der Waals surface area contributed by atoms with Gasteiger partial charge < -0.3 is 10.4 Å². The number of aliphatic hydroxyl groups excluding tert-OH is 1. The van der Waals surface area contributed by atoms with Crippen molar-refractivity contribution in [2.75, 3.05) is 18.5 Å². The van der Waals surface area contributed by atoms with E-state index in [2.05, 4.69) is 15.2 Å².